The van der Waals surface area contributed by atoms with E-state index in [0.29, 0.717) is 17.7 Å². The Kier molecular flexibility index (Phi) is 10.9. The second-order valence-electron chi connectivity index (χ2n) is 11.0. The van der Waals surface area contributed by atoms with Crippen molar-refractivity contribution in [2.24, 2.45) is 5.92 Å². The van der Waals surface area contributed by atoms with E-state index < -0.39 is 49.2 Å². The Morgan fingerprint density at radius 2 is 1.57 bits per heavy atom. The number of halogens is 2. The van der Waals surface area contributed by atoms with Crippen LogP contribution in [0.3, 0.4) is 0 Å². The van der Waals surface area contributed by atoms with Crippen molar-refractivity contribution < 1.29 is 42.0 Å². The molecule has 44 heavy (non-hydrogen) atoms. The van der Waals surface area contributed by atoms with Gasteiger partial charge in [-0.25, -0.2) is 13.9 Å². The van der Waals surface area contributed by atoms with Crippen LogP contribution in [0.1, 0.15) is 56.9 Å². The molecule has 1 heterocycles. The van der Waals surface area contributed by atoms with Gasteiger partial charge < -0.3 is 24.0 Å². The first-order chi connectivity index (χ1) is 20.9. The number of methoxy groups -OCH3 is 1. The summed E-state index contributed by atoms with van der Waals surface area (Å²) >= 11 is 0. The largest absolute Gasteiger partial charge is 0.462 e. The van der Waals surface area contributed by atoms with Gasteiger partial charge in [-0.2, -0.15) is 0 Å². The molecule has 1 aliphatic rings. The summed E-state index contributed by atoms with van der Waals surface area (Å²) in [5.74, 6) is -1.84. The van der Waals surface area contributed by atoms with Gasteiger partial charge in [0.05, 0.1) is 24.2 Å². The van der Waals surface area contributed by atoms with Crippen LogP contribution in [0.25, 0.3) is 0 Å². The lowest BCUT2D eigenvalue weighted by Gasteiger charge is -2.48. The van der Waals surface area contributed by atoms with Crippen molar-refractivity contribution >= 4 is 25.1 Å². The molecule has 0 spiro atoms. The maximum absolute atomic E-state index is 13.6. The molecular formula is C32H37F2N2O7P. The number of esters is 1. The van der Waals surface area contributed by atoms with Gasteiger partial charge in [-0.15, -0.1) is 0 Å². The van der Waals surface area contributed by atoms with Crippen molar-refractivity contribution in [3.8, 4) is 5.75 Å². The number of amides is 1. The summed E-state index contributed by atoms with van der Waals surface area (Å²) in [6.45, 7) is 4.94. The van der Waals surface area contributed by atoms with Crippen LogP contribution >= 0.6 is 7.52 Å². The molecule has 0 aromatic heterocycles. The first kappa shape index (κ1) is 33.3. The zero-order chi connectivity index (χ0) is 32.0. The number of rotatable bonds is 14. The number of benzene rings is 3. The lowest BCUT2D eigenvalue weighted by Crippen LogP contribution is -2.55. The molecule has 3 aromatic carbocycles. The quantitative estimate of drug-likeness (QED) is 0.121. The zero-order valence-corrected chi connectivity index (χ0v) is 25.9. The Bertz CT molecular complexity index is 1470. The molecule has 1 fully saturated rings. The third-order valence-corrected chi connectivity index (χ3v) is 9.08. The van der Waals surface area contributed by atoms with Gasteiger partial charge in [0.15, 0.2) is 0 Å². The standard InChI is InChI=1S/C32H37F2N2O7P/c1-20(2)42-32(39)21(3)35-44(40,19-41-4)43-27-15-7-23(8-16-27)30-28(17-18-29(37)22-5-9-24(33)10-6-22)31(38)36(30)26-13-11-25(34)12-14-26/h5-16,20-21,28-30,37H,17-19H2,1-4H3,(H,35,40)/t21-,28+,29-,30+,44?/m0/s1. The maximum atomic E-state index is 13.6. The Balaban J connectivity index is 1.53. The molecule has 1 amide bonds. The highest BCUT2D eigenvalue weighted by Gasteiger charge is 2.48. The van der Waals surface area contributed by atoms with E-state index in [9.17, 15) is 28.0 Å². The summed E-state index contributed by atoms with van der Waals surface area (Å²) < 4.78 is 56.6. The van der Waals surface area contributed by atoms with E-state index in [1.807, 2.05) is 0 Å². The second kappa shape index (κ2) is 14.4. The van der Waals surface area contributed by atoms with Crippen molar-refractivity contribution in [3.05, 3.63) is 95.6 Å². The number of nitrogens with zero attached hydrogens (tertiary/aromatic N) is 1. The number of hydrogen-bond donors (Lipinski definition) is 2. The molecule has 9 nitrogen and oxygen atoms in total. The fourth-order valence-electron chi connectivity index (χ4n) is 5.13. The summed E-state index contributed by atoms with van der Waals surface area (Å²) in [6, 6.07) is 16.5. The van der Waals surface area contributed by atoms with Gasteiger partial charge in [0.1, 0.15) is 29.8 Å². The summed E-state index contributed by atoms with van der Waals surface area (Å²) in [4.78, 5) is 27.2. The highest BCUT2D eigenvalue weighted by atomic mass is 31.2. The fourth-order valence-corrected chi connectivity index (χ4v) is 6.81. The number of β-lactam (4-membered cyclic amide) rings is 1. The van der Waals surface area contributed by atoms with Gasteiger partial charge in [-0.05, 0) is 93.3 Å². The molecule has 236 valence electrons. The molecular weight excluding hydrogens is 593 g/mol. The lowest BCUT2D eigenvalue weighted by atomic mass is 9.78. The van der Waals surface area contributed by atoms with Crippen molar-refractivity contribution in [1.29, 1.82) is 0 Å². The first-order valence-corrected chi connectivity index (χ1v) is 16.1. The van der Waals surface area contributed by atoms with Crippen LogP contribution in [0, 0.1) is 17.6 Å². The van der Waals surface area contributed by atoms with E-state index in [2.05, 4.69) is 5.09 Å². The molecule has 3 aromatic rings. The predicted octanol–water partition coefficient (Wildman–Crippen LogP) is 6.29. The zero-order valence-electron chi connectivity index (χ0n) is 25.0. The molecule has 5 atom stereocenters. The molecule has 2 N–H and O–H groups in total. The van der Waals surface area contributed by atoms with Gasteiger partial charge in [-0.1, -0.05) is 24.3 Å². The molecule has 1 unspecified atom stereocenters. The number of carbonyl (C=O) groups is 2. The Morgan fingerprint density at radius 3 is 2.14 bits per heavy atom. The van der Waals surface area contributed by atoms with Gasteiger partial charge in [-0.3, -0.25) is 14.2 Å². The van der Waals surface area contributed by atoms with E-state index in [0.717, 1.165) is 5.56 Å². The van der Waals surface area contributed by atoms with Crippen LogP contribution < -0.4 is 14.5 Å². The minimum Gasteiger partial charge on any atom is -0.462 e. The highest BCUT2D eigenvalue weighted by molar-refractivity contribution is 7.57. The molecule has 1 aliphatic heterocycles. The van der Waals surface area contributed by atoms with Gasteiger partial charge in [0, 0.05) is 12.8 Å². The highest BCUT2D eigenvalue weighted by Crippen LogP contribution is 2.48. The van der Waals surface area contributed by atoms with Crippen molar-refractivity contribution in [2.45, 2.75) is 57.9 Å². The van der Waals surface area contributed by atoms with Crippen molar-refractivity contribution in [1.82, 2.24) is 5.09 Å². The summed E-state index contributed by atoms with van der Waals surface area (Å²) in [6.07, 6.45) is -0.926. The van der Waals surface area contributed by atoms with Gasteiger partial charge >= 0.3 is 13.5 Å². The smallest absolute Gasteiger partial charge is 0.342 e. The maximum Gasteiger partial charge on any atom is 0.342 e. The van der Waals surface area contributed by atoms with Crippen LogP contribution in [0.4, 0.5) is 14.5 Å². The molecule has 0 radical (unpaired) electrons. The average molecular weight is 631 g/mol. The Labute approximate surface area is 255 Å². The average Bonchev–Trinajstić information content (AvgIpc) is 2.97. The predicted molar refractivity (Wildman–Crippen MR) is 161 cm³/mol. The number of aliphatic hydroxyl groups is 1. The lowest BCUT2D eigenvalue weighted by molar-refractivity contribution is -0.149. The van der Waals surface area contributed by atoms with E-state index >= 15 is 0 Å². The third-order valence-electron chi connectivity index (χ3n) is 7.19. The van der Waals surface area contributed by atoms with Crippen LogP contribution in [0.5, 0.6) is 5.75 Å². The topological polar surface area (TPSA) is 114 Å². The van der Waals surface area contributed by atoms with E-state index in [1.165, 1.54) is 62.6 Å². The SMILES string of the molecule is COCP(=O)(N[C@@H](C)C(=O)OC(C)C)Oc1ccc([C@@H]2[C@@H](CC[C@H](O)c3ccc(F)cc3)C(=O)N2c2ccc(F)cc2)cc1. The number of ether oxygens (including phenoxy) is 2. The van der Waals surface area contributed by atoms with Crippen molar-refractivity contribution in [2.75, 3.05) is 18.4 Å². The van der Waals surface area contributed by atoms with Gasteiger partial charge in [0.2, 0.25) is 5.91 Å². The summed E-state index contributed by atoms with van der Waals surface area (Å²) in [5, 5.41) is 13.4. The summed E-state index contributed by atoms with van der Waals surface area (Å²) in [7, 11) is -2.33. The van der Waals surface area contributed by atoms with Crippen LogP contribution in [0.2, 0.25) is 0 Å². The minimum absolute atomic E-state index is 0.177. The molecule has 1 saturated heterocycles. The van der Waals surface area contributed by atoms with Gasteiger partial charge in [0.25, 0.3) is 0 Å². The number of aliphatic hydroxyl groups excluding tert-OH is 1. The fraction of sp³-hybridized carbons (Fsp3) is 0.375. The molecule has 0 aliphatic carbocycles. The molecule has 0 bridgehead atoms. The number of nitrogens with one attached hydrogen (secondary N) is 1. The van der Waals surface area contributed by atoms with Crippen molar-refractivity contribution in [3.63, 3.8) is 0 Å². The van der Waals surface area contributed by atoms with Crippen LogP contribution in [-0.4, -0.2) is 42.6 Å². The number of carbonyl (C=O) groups excluding carboxylic acids is 2. The Morgan fingerprint density at radius 1 is 0.977 bits per heavy atom. The van der Waals surface area contributed by atoms with Crippen LogP contribution in [0.15, 0.2) is 72.8 Å². The second-order valence-corrected chi connectivity index (χ2v) is 13.0. The van der Waals surface area contributed by atoms with Crippen LogP contribution in [-0.2, 0) is 23.6 Å². The van der Waals surface area contributed by atoms with E-state index in [4.69, 9.17) is 14.0 Å². The summed E-state index contributed by atoms with van der Waals surface area (Å²) in [5.41, 5.74) is 1.81. The normalized spacial score (nSPS) is 19.2. The monoisotopic (exact) mass is 630 g/mol. The molecule has 12 heteroatoms. The van der Waals surface area contributed by atoms with E-state index in [-0.39, 0.29) is 30.5 Å². The minimum atomic E-state index is -3.69. The number of anilines is 1. The molecule has 4 rings (SSSR count). The number of hydrogen-bond acceptors (Lipinski definition) is 7. The Hall–Kier alpha value is -3.63. The van der Waals surface area contributed by atoms with E-state index in [1.54, 1.807) is 43.0 Å². The third kappa shape index (κ3) is 8.09. The first-order valence-electron chi connectivity index (χ1n) is 14.3. The molecule has 0 saturated carbocycles.